The van der Waals surface area contributed by atoms with Crippen molar-refractivity contribution in [1.29, 1.82) is 0 Å². The molecular weight excluding hydrogens is 238 g/mol. The van der Waals surface area contributed by atoms with Crippen LogP contribution in [0.4, 0.5) is 0 Å². The molecule has 18 heavy (non-hydrogen) atoms. The molecule has 0 amide bonds. The van der Waals surface area contributed by atoms with Crippen molar-refractivity contribution < 1.29 is 14.3 Å². The predicted octanol–water partition coefficient (Wildman–Crippen LogP) is 0.350. The molecule has 0 aliphatic heterocycles. The van der Waals surface area contributed by atoms with Crippen LogP contribution in [0.5, 0.6) is 5.75 Å². The van der Waals surface area contributed by atoms with Gasteiger partial charge in [0.2, 0.25) is 5.69 Å². The first-order chi connectivity index (χ1) is 8.81. The average molecular weight is 249 g/mol. The van der Waals surface area contributed by atoms with Crippen LogP contribution in [-0.4, -0.2) is 38.2 Å². The minimum absolute atomic E-state index is 0.0443. The van der Waals surface area contributed by atoms with Crippen molar-refractivity contribution in [3.63, 3.8) is 0 Å². The lowest BCUT2D eigenvalue weighted by Gasteiger charge is -2.07. The molecule has 8 heteroatoms. The summed E-state index contributed by atoms with van der Waals surface area (Å²) in [5.74, 6) is -0.271. The quantitative estimate of drug-likeness (QED) is 0.762. The molecule has 0 aliphatic carbocycles. The van der Waals surface area contributed by atoms with Gasteiger partial charge >= 0.3 is 5.97 Å². The van der Waals surface area contributed by atoms with Crippen molar-refractivity contribution in [1.82, 2.24) is 25.6 Å². The summed E-state index contributed by atoms with van der Waals surface area (Å²) < 4.78 is 10.3. The Hall–Kier alpha value is -2.51. The molecule has 0 aromatic carbocycles. The minimum Gasteiger partial charge on any atom is -0.484 e. The Balaban J connectivity index is 2.09. The number of rotatable bonds is 5. The molecule has 0 spiro atoms. The van der Waals surface area contributed by atoms with E-state index in [1.165, 1.54) is 12.4 Å². The number of carbonyl (C=O) groups excluding carboxylic acids is 1. The second-order valence-corrected chi connectivity index (χ2v) is 3.21. The van der Waals surface area contributed by atoms with E-state index in [4.69, 9.17) is 9.47 Å². The van der Waals surface area contributed by atoms with Crippen molar-refractivity contribution in [3.8, 4) is 5.75 Å². The minimum atomic E-state index is -0.569. The molecule has 0 bridgehead atoms. The van der Waals surface area contributed by atoms with Crippen LogP contribution in [0, 0.1) is 0 Å². The molecular formula is C10H11N5O3. The number of nitrogens with one attached hydrogen (secondary N) is 1. The number of esters is 1. The van der Waals surface area contributed by atoms with E-state index in [0.717, 1.165) is 0 Å². The molecule has 0 radical (unpaired) electrons. The number of hydrogen-bond acceptors (Lipinski definition) is 7. The van der Waals surface area contributed by atoms with Gasteiger partial charge < -0.3 is 9.47 Å². The highest BCUT2D eigenvalue weighted by molar-refractivity contribution is 5.89. The molecule has 2 aromatic rings. The monoisotopic (exact) mass is 249 g/mol. The second-order valence-electron chi connectivity index (χ2n) is 3.21. The largest absolute Gasteiger partial charge is 0.484 e. The molecule has 94 valence electrons. The zero-order valence-corrected chi connectivity index (χ0v) is 9.66. The van der Waals surface area contributed by atoms with Gasteiger partial charge in [-0.1, -0.05) is 0 Å². The summed E-state index contributed by atoms with van der Waals surface area (Å²) in [5.41, 5.74) is 0.657. The molecule has 0 aliphatic rings. The van der Waals surface area contributed by atoms with Crippen LogP contribution >= 0.6 is 0 Å². The number of H-pyrrole nitrogens is 1. The SMILES string of the molecule is CCOC(=O)c1nnccc1OCc1cn[nH]n1. The lowest BCUT2D eigenvalue weighted by atomic mass is 10.3. The Morgan fingerprint density at radius 1 is 1.50 bits per heavy atom. The van der Waals surface area contributed by atoms with Gasteiger partial charge in [0.25, 0.3) is 0 Å². The molecule has 2 aromatic heterocycles. The predicted molar refractivity (Wildman–Crippen MR) is 58.7 cm³/mol. The summed E-state index contributed by atoms with van der Waals surface area (Å²) in [6.07, 6.45) is 2.96. The van der Waals surface area contributed by atoms with E-state index in [-0.39, 0.29) is 18.9 Å². The van der Waals surface area contributed by atoms with Gasteiger partial charge in [-0.05, 0) is 6.92 Å². The average Bonchev–Trinajstić information content (AvgIpc) is 2.90. The Kier molecular flexibility index (Phi) is 3.79. The zero-order valence-electron chi connectivity index (χ0n) is 9.66. The van der Waals surface area contributed by atoms with E-state index in [2.05, 4.69) is 25.6 Å². The summed E-state index contributed by atoms with van der Waals surface area (Å²) in [7, 11) is 0. The molecule has 0 atom stereocenters. The molecule has 0 unspecified atom stereocenters. The molecule has 0 saturated heterocycles. The second kappa shape index (κ2) is 5.71. The zero-order chi connectivity index (χ0) is 12.8. The van der Waals surface area contributed by atoms with Crippen molar-refractivity contribution in [2.75, 3.05) is 6.61 Å². The molecule has 8 nitrogen and oxygen atoms in total. The fraction of sp³-hybridized carbons (Fsp3) is 0.300. The van der Waals surface area contributed by atoms with Crippen LogP contribution in [0.2, 0.25) is 0 Å². The molecule has 0 saturated carbocycles. The highest BCUT2D eigenvalue weighted by Crippen LogP contribution is 2.16. The first kappa shape index (κ1) is 12.0. The van der Waals surface area contributed by atoms with Gasteiger partial charge in [0.05, 0.1) is 19.0 Å². The van der Waals surface area contributed by atoms with Crippen LogP contribution in [0.15, 0.2) is 18.5 Å². The van der Waals surface area contributed by atoms with E-state index in [1.54, 1.807) is 13.0 Å². The van der Waals surface area contributed by atoms with Gasteiger partial charge in [-0.2, -0.15) is 20.5 Å². The Morgan fingerprint density at radius 3 is 3.11 bits per heavy atom. The third kappa shape index (κ3) is 2.78. The van der Waals surface area contributed by atoms with Crippen LogP contribution in [0.25, 0.3) is 0 Å². The molecule has 2 heterocycles. The normalized spacial score (nSPS) is 10.1. The summed E-state index contributed by atoms with van der Waals surface area (Å²) in [4.78, 5) is 11.6. The van der Waals surface area contributed by atoms with Crippen LogP contribution in [0.3, 0.4) is 0 Å². The Labute approximate surface area is 102 Å². The highest BCUT2D eigenvalue weighted by Gasteiger charge is 2.16. The first-order valence-corrected chi connectivity index (χ1v) is 5.27. The fourth-order valence-corrected chi connectivity index (χ4v) is 1.22. The maximum absolute atomic E-state index is 11.6. The number of nitrogens with zero attached hydrogens (tertiary/aromatic N) is 4. The summed E-state index contributed by atoms with van der Waals surface area (Å²) in [6, 6.07) is 1.54. The van der Waals surface area contributed by atoms with E-state index < -0.39 is 5.97 Å². The fourth-order valence-electron chi connectivity index (χ4n) is 1.22. The van der Waals surface area contributed by atoms with Crippen LogP contribution in [-0.2, 0) is 11.3 Å². The summed E-state index contributed by atoms with van der Waals surface area (Å²) >= 11 is 0. The smallest absolute Gasteiger partial charge is 0.362 e. The molecule has 0 fully saturated rings. The van der Waals surface area contributed by atoms with Gasteiger partial charge in [-0.15, -0.1) is 5.10 Å². The van der Waals surface area contributed by atoms with Crippen LogP contribution < -0.4 is 4.74 Å². The van der Waals surface area contributed by atoms with Crippen molar-refractivity contribution in [2.24, 2.45) is 0 Å². The topological polar surface area (TPSA) is 103 Å². The van der Waals surface area contributed by atoms with Gasteiger partial charge in [-0.25, -0.2) is 4.79 Å². The molecule has 2 rings (SSSR count). The van der Waals surface area contributed by atoms with Crippen LogP contribution in [0.1, 0.15) is 23.1 Å². The summed E-state index contributed by atoms with van der Waals surface area (Å²) in [6.45, 7) is 2.15. The number of aromatic amines is 1. The Bertz CT molecular complexity index is 514. The van der Waals surface area contributed by atoms with Crippen molar-refractivity contribution in [3.05, 3.63) is 29.8 Å². The maximum atomic E-state index is 11.6. The van der Waals surface area contributed by atoms with E-state index in [1.807, 2.05) is 0 Å². The maximum Gasteiger partial charge on any atom is 0.362 e. The third-order valence-corrected chi connectivity index (χ3v) is 1.99. The number of hydrogen-bond donors (Lipinski definition) is 1. The van der Waals surface area contributed by atoms with Crippen molar-refractivity contribution >= 4 is 5.97 Å². The van der Waals surface area contributed by atoms with E-state index in [0.29, 0.717) is 11.4 Å². The number of aromatic nitrogens is 5. The van der Waals surface area contributed by atoms with Gasteiger partial charge in [0.15, 0.2) is 5.75 Å². The Morgan fingerprint density at radius 2 is 2.39 bits per heavy atom. The third-order valence-electron chi connectivity index (χ3n) is 1.99. The summed E-state index contributed by atoms with van der Waals surface area (Å²) in [5, 5.41) is 17.3. The first-order valence-electron chi connectivity index (χ1n) is 5.27. The van der Waals surface area contributed by atoms with Crippen molar-refractivity contribution in [2.45, 2.75) is 13.5 Å². The standard InChI is InChI=1S/C10H11N5O3/c1-2-17-10(16)9-8(3-4-11-14-9)18-6-7-5-12-15-13-7/h3-5H,2,6H2,1H3,(H,12,13,15). The number of ether oxygens (including phenoxy) is 2. The number of carbonyl (C=O) groups is 1. The lowest BCUT2D eigenvalue weighted by molar-refractivity contribution is 0.0512. The van der Waals surface area contributed by atoms with E-state index >= 15 is 0 Å². The van der Waals surface area contributed by atoms with Gasteiger partial charge in [-0.3, -0.25) is 0 Å². The molecule has 1 N–H and O–H groups in total. The van der Waals surface area contributed by atoms with Gasteiger partial charge in [0, 0.05) is 6.07 Å². The highest BCUT2D eigenvalue weighted by atomic mass is 16.5. The van der Waals surface area contributed by atoms with Gasteiger partial charge in [0.1, 0.15) is 12.3 Å². The van der Waals surface area contributed by atoms with E-state index in [9.17, 15) is 4.79 Å². The lowest BCUT2D eigenvalue weighted by Crippen LogP contribution is -2.11.